The molecule has 0 aromatic heterocycles. The monoisotopic (exact) mass is 309 g/mol. The number of rotatable bonds is 3. The van der Waals surface area contributed by atoms with Crippen LogP contribution in [-0.4, -0.2) is 38.9 Å². The number of aliphatic hydroxyl groups is 1. The lowest BCUT2D eigenvalue weighted by molar-refractivity contribution is 0.178. The molecule has 1 heterocycles. The van der Waals surface area contributed by atoms with Crippen LogP contribution in [0.2, 0.25) is 0 Å². The second-order valence-corrected chi connectivity index (χ2v) is 7.06. The molecule has 2 rings (SSSR count). The van der Waals surface area contributed by atoms with Gasteiger partial charge in [-0.2, -0.15) is 0 Å². The molecule has 1 fully saturated rings. The lowest BCUT2D eigenvalue weighted by Gasteiger charge is -2.23. The maximum Gasteiger partial charge on any atom is 0.241 e. The third-order valence-electron chi connectivity index (χ3n) is 3.39. The summed E-state index contributed by atoms with van der Waals surface area (Å²) in [5.41, 5.74) is 0.639. The number of aliphatic hydroxyl groups excluding tert-OH is 1. The average molecular weight is 309 g/mol. The Bertz CT molecular complexity index is 679. The Morgan fingerprint density at radius 2 is 2.24 bits per heavy atom. The van der Waals surface area contributed by atoms with Gasteiger partial charge in [-0.25, -0.2) is 13.1 Å². The van der Waals surface area contributed by atoms with E-state index in [-0.39, 0.29) is 11.5 Å². The topological polar surface area (TPSA) is 75.6 Å². The normalized spacial score (nSPS) is 21.9. The average Bonchev–Trinajstić information content (AvgIpc) is 2.83. The van der Waals surface area contributed by atoms with Crippen LogP contribution in [0.1, 0.15) is 24.5 Å². The molecule has 5 nitrogen and oxygen atoms in total. The predicted octanol–water partition coefficient (Wildman–Crippen LogP) is 0.796. The van der Waals surface area contributed by atoms with Crippen LogP contribution >= 0.6 is 0 Å². The van der Waals surface area contributed by atoms with Crippen molar-refractivity contribution in [3.8, 4) is 11.8 Å². The van der Waals surface area contributed by atoms with Gasteiger partial charge in [0.05, 0.1) is 17.0 Å². The summed E-state index contributed by atoms with van der Waals surface area (Å²) in [7, 11) is -3.64. The van der Waals surface area contributed by atoms with E-state index in [0.29, 0.717) is 30.8 Å². The maximum absolute atomic E-state index is 12.6. The summed E-state index contributed by atoms with van der Waals surface area (Å²) < 4.78 is 33.1. The quantitative estimate of drug-likeness (QED) is 0.810. The molecule has 1 aromatic rings. The summed E-state index contributed by atoms with van der Waals surface area (Å²) in [6, 6.07) is 4.97. The minimum absolute atomic E-state index is 0.209. The van der Waals surface area contributed by atoms with Gasteiger partial charge in [0, 0.05) is 12.2 Å². The van der Waals surface area contributed by atoms with Crippen molar-refractivity contribution in [2.75, 3.05) is 19.8 Å². The number of nitrogens with one attached hydrogen (secondary N) is 1. The molecule has 1 aliphatic rings. The van der Waals surface area contributed by atoms with Crippen LogP contribution in [0, 0.1) is 18.8 Å². The van der Waals surface area contributed by atoms with Crippen molar-refractivity contribution < 1.29 is 18.3 Å². The number of ether oxygens (including phenoxy) is 1. The van der Waals surface area contributed by atoms with Gasteiger partial charge in [-0.3, -0.25) is 0 Å². The van der Waals surface area contributed by atoms with Gasteiger partial charge < -0.3 is 9.84 Å². The zero-order chi connectivity index (χ0) is 15.5. The molecule has 0 amide bonds. The molecule has 1 saturated heterocycles. The van der Waals surface area contributed by atoms with Gasteiger partial charge in [-0.1, -0.05) is 17.9 Å². The van der Waals surface area contributed by atoms with Crippen molar-refractivity contribution >= 4 is 10.0 Å². The summed E-state index contributed by atoms with van der Waals surface area (Å²) in [4.78, 5) is 0.209. The van der Waals surface area contributed by atoms with Crippen LogP contribution in [-0.2, 0) is 14.8 Å². The van der Waals surface area contributed by atoms with Gasteiger partial charge in [0.1, 0.15) is 6.61 Å². The largest absolute Gasteiger partial charge is 0.384 e. The molecule has 1 aliphatic heterocycles. The van der Waals surface area contributed by atoms with E-state index in [1.165, 1.54) is 6.07 Å². The third kappa shape index (κ3) is 3.83. The highest BCUT2D eigenvalue weighted by Gasteiger charge is 2.35. The lowest BCUT2D eigenvalue weighted by atomic mass is 10.0. The molecular formula is C15H19NO4S. The fourth-order valence-electron chi connectivity index (χ4n) is 2.24. The number of hydrogen-bond donors (Lipinski definition) is 2. The SMILES string of the molecule is Cc1ccc(C#CCO)cc1S(=O)(=O)NC1(C)CCOC1. The molecule has 0 aliphatic carbocycles. The molecule has 2 N–H and O–H groups in total. The molecule has 0 radical (unpaired) electrons. The van der Waals surface area contributed by atoms with E-state index in [2.05, 4.69) is 16.6 Å². The second kappa shape index (κ2) is 6.16. The smallest absolute Gasteiger partial charge is 0.241 e. The van der Waals surface area contributed by atoms with Crippen LogP contribution in [0.25, 0.3) is 0 Å². The molecule has 6 heteroatoms. The van der Waals surface area contributed by atoms with Crippen LogP contribution in [0.4, 0.5) is 0 Å². The molecule has 21 heavy (non-hydrogen) atoms. The Hall–Kier alpha value is -1.39. The Labute approximate surface area is 125 Å². The first-order valence-electron chi connectivity index (χ1n) is 6.68. The summed E-state index contributed by atoms with van der Waals surface area (Å²) in [5.74, 6) is 5.23. The molecule has 1 aromatic carbocycles. The standard InChI is InChI=1S/C15H19NO4S/c1-12-5-6-13(4-3-8-17)10-14(12)21(18,19)16-15(2)7-9-20-11-15/h5-6,10,16-17H,7-9,11H2,1-2H3. The number of benzene rings is 1. The number of sulfonamides is 1. The Balaban J connectivity index is 2.34. The van der Waals surface area contributed by atoms with Crippen molar-refractivity contribution in [3.63, 3.8) is 0 Å². The number of hydrogen-bond acceptors (Lipinski definition) is 4. The number of aryl methyl sites for hydroxylation is 1. The fraction of sp³-hybridized carbons (Fsp3) is 0.467. The van der Waals surface area contributed by atoms with Gasteiger partial charge in [0.25, 0.3) is 0 Å². The Morgan fingerprint density at radius 3 is 2.86 bits per heavy atom. The van der Waals surface area contributed by atoms with Crippen LogP contribution in [0.5, 0.6) is 0 Å². The maximum atomic E-state index is 12.6. The molecule has 1 atom stereocenters. The summed E-state index contributed by atoms with van der Waals surface area (Å²) in [5, 5.41) is 8.72. The van der Waals surface area contributed by atoms with E-state index in [4.69, 9.17) is 9.84 Å². The first kappa shape index (κ1) is 16.0. The van der Waals surface area contributed by atoms with Gasteiger partial charge in [0.2, 0.25) is 10.0 Å². The Kier molecular flexibility index (Phi) is 4.69. The van der Waals surface area contributed by atoms with Gasteiger partial charge in [0.15, 0.2) is 0 Å². The molecule has 114 valence electrons. The van der Waals surface area contributed by atoms with E-state index in [0.717, 1.165) is 0 Å². The van der Waals surface area contributed by atoms with Crippen molar-refractivity contribution in [2.24, 2.45) is 0 Å². The van der Waals surface area contributed by atoms with Crippen LogP contribution in [0.3, 0.4) is 0 Å². The van der Waals surface area contributed by atoms with E-state index in [1.54, 1.807) is 19.1 Å². The third-order valence-corrected chi connectivity index (χ3v) is 5.17. The molecule has 0 saturated carbocycles. The highest BCUT2D eigenvalue weighted by Crippen LogP contribution is 2.23. The molecule has 0 spiro atoms. The minimum Gasteiger partial charge on any atom is -0.384 e. The molecule has 1 unspecified atom stereocenters. The van der Waals surface area contributed by atoms with Crippen LogP contribution < -0.4 is 4.72 Å². The zero-order valence-electron chi connectivity index (χ0n) is 12.1. The van der Waals surface area contributed by atoms with Gasteiger partial charge >= 0.3 is 0 Å². The summed E-state index contributed by atoms with van der Waals surface area (Å²) in [6.45, 7) is 4.24. The van der Waals surface area contributed by atoms with Gasteiger partial charge in [-0.05, 0) is 38.0 Å². The van der Waals surface area contributed by atoms with Crippen molar-refractivity contribution in [3.05, 3.63) is 29.3 Å². The highest BCUT2D eigenvalue weighted by molar-refractivity contribution is 7.89. The fourth-order valence-corrected chi connectivity index (χ4v) is 3.93. The Morgan fingerprint density at radius 1 is 1.48 bits per heavy atom. The van der Waals surface area contributed by atoms with E-state index < -0.39 is 15.6 Å². The zero-order valence-corrected chi connectivity index (χ0v) is 13.0. The minimum atomic E-state index is -3.64. The second-order valence-electron chi connectivity index (χ2n) is 5.41. The predicted molar refractivity (Wildman–Crippen MR) is 79.3 cm³/mol. The van der Waals surface area contributed by atoms with Crippen molar-refractivity contribution in [1.29, 1.82) is 0 Å². The first-order chi connectivity index (χ1) is 9.86. The van der Waals surface area contributed by atoms with Crippen LogP contribution in [0.15, 0.2) is 23.1 Å². The van der Waals surface area contributed by atoms with E-state index in [9.17, 15) is 8.42 Å². The summed E-state index contributed by atoms with van der Waals surface area (Å²) in [6.07, 6.45) is 0.648. The highest BCUT2D eigenvalue weighted by atomic mass is 32.2. The molecule has 0 bridgehead atoms. The first-order valence-corrected chi connectivity index (χ1v) is 8.17. The molecular weight excluding hydrogens is 290 g/mol. The van der Waals surface area contributed by atoms with Gasteiger partial charge in [-0.15, -0.1) is 0 Å². The van der Waals surface area contributed by atoms with Crippen molar-refractivity contribution in [2.45, 2.75) is 30.7 Å². The summed E-state index contributed by atoms with van der Waals surface area (Å²) >= 11 is 0. The lowest BCUT2D eigenvalue weighted by Crippen LogP contribution is -2.46. The van der Waals surface area contributed by atoms with E-state index in [1.807, 2.05) is 6.92 Å². The van der Waals surface area contributed by atoms with Crippen molar-refractivity contribution in [1.82, 2.24) is 4.72 Å². The van der Waals surface area contributed by atoms with E-state index >= 15 is 0 Å².